The molecule has 0 saturated carbocycles. The fourth-order valence-electron chi connectivity index (χ4n) is 1.83. The average Bonchev–Trinajstić information content (AvgIpc) is 2.45. The number of rotatable bonds is 4. The molecular formula is C16H20N4O. The van der Waals surface area contributed by atoms with Crippen LogP contribution in [-0.2, 0) is 0 Å². The number of nitrogens with zero attached hydrogens (tertiary/aromatic N) is 2. The van der Waals surface area contributed by atoms with Crippen LogP contribution in [0.3, 0.4) is 0 Å². The van der Waals surface area contributed by atoms with Crippen LogP contribution in [0.1, 0.15) is 42.1 Å². The smallest absolute Gasteiger partial charge is 0.255 e. The topological polar surface area (TPSA) is 70.1 Å². The molecule has 1 aromatic carbocycles. The Hall–Kier alpha value is -2.43. The van der Waals surface area contributed by atoms with E-state index in [1.54, 1.807) is 20.1 Å². The van der Waals surface area contributed by atoms with Crippen LogP contribution in [0.15, 0.2) is 34.2 Å². The van der Waals surface area contributed by atoms with Crippen molar-refractivity contribution in [3.63, 3.8) is 0 Å². The summed E-state index contributed by atoms with van der Waals surface area (Å²) >= 11 is 0. The first-order chi connectivity index (χ1) is 9.97. The second-order valence-corrected chi connectivity index (χ2v) is 5.32. The van der Waals surface area contributed by atoms with Gasteiger partial charge in [-0.15, -0.1) is 0 Å². The summed E-state index contributed by atoms with van der Waals surface area (Å²) in [6, 6.07) is 8.19. The zero-order chi connectivity index (χ0) is 15.4. The fourth-order valence-corrected chi connectivity index (χ4v) is 1.83. The van der Waals surface area contributed by atoms with Gasteiger partial charge in [0.1, 0.15) is 0 Å². The molecule has 2 rings (SSSR count). The van der Waals surface area contributed by atoms with E-state index in [0.717, 1.165) is 5.56 Å². The molecule has 21 heavy (non-hydrogen) atoms. The average molecular weight is 284 g/mol. The quantitative estimate of drug-likeness (QED) is 0.670. The van der Waals surface area contributed by atoms with Gasteiger partial charge in [-0.3, -0.25) is 9.78 Å². The van der Waals surface area contributed by atoms with Gasteiger partial charge in [0.05, 0.1) is 6.21 Å². The van der Waals surface area contributed by atoms with Crippen LogP contribution < -0.4 is 11.0 Å². The number of hydrazone groups is 1. The van der Waals surface area contributed by atoms with Crippen molar-refractivity contribution < 1.29 is 0 Å². The second kappa shape index (κ2) is 6.35. The lowest BCUT2D eigenvalue weighted by Gasteiger charge is -2.05. The Labute approximate surface area is 124 Å². The molecule has 2 N–H and O–H groups in total. The zero-order valence-corrected chi connectivity index (χ0v) is 12.8. The van der Waals surface area contributed by atoms with Crippen molar-refractivity contribution in [1.29, 1.82) is 0 Å². The van der Waals surface area contributed by atoms with Gasteiger partial charge in [-0.2, -0.15) is 5.10 Å². The molecule has 0 fully saturated rings. The number of aryl methyl sites for hydroxylation is 1. The van der Waals surface area contributed by atoms with Crippen molar-refractivity contribution in [2.45, 2.75) is 33.6 Å². The van der Waals surface area contributed by atoms with E-state index in [9.17, 15) is 4.79 Å². The fraction of sp³-hybridized carbons (Fsp3) is 0.312. The standard InChI is InChI=1S/C16H20N4O/c1-10(2)14-7-5-13(6-8-14)9-17-20-16-18-12(4)11(3)15(21)19-16/h5-10H,1-4H3,(H2,18,19,20,21)/b17-9-. The molecule has 0 aliphatic rings. The summed E-state index contributed by atoms with van der Waals surface area (Å²) in [5, 5.41) is 4.09. The van der Waals surface area contributed by atoms with Crippen molar-refractivity contribution in [3.8, 4) is 0 Å². The van der Waals surface area contributed by atoms with Crippen LogP contribution in [0.4, 0.5) is 5.95 Å². The zero-order valence-electron chi connectivity index (χ0n) is 12.8. The molecule has 1 heterocycles. The molecule has 1 aromatic heterocycles. The summed E-state index contributed by atoms with van der Waals surface area (Å²) in [6.45, 7) is 7.85. The predicted octanol–water partition coefficient (Wildman–Crippen LogP) is 2.96. The Balaban J connectivity index is 2.07. The van der Waals surface area contributed by atoms with Crippen molar-refractivity contribution >= 4 is 12.2 Å². The van der Waals surface area contributed by atoms with E-state index in [1.165, 1.54) is 5.56 Å². The van der Waals surface area contributed by atoms with E-state index in [0.29, 0.717) is 23.1 Å². The third-order valence-electron chi connectivity index (χ3n) is 3.38. The minimum absolute atomic E-state index is 0.151. The molecule has 0 radical (unpaired) electrons. The van der Waals surface area contributed by atoms with Crippen molar-refractivity contribution in [2.24, 2.45) is 5.10 Å². The lowest BCUT2D eigenvalue weighted by Crippen LogP contribution is -2.15. The highest BCUT2D eigenvalue weighted by atomic mass is 16.1. The monoisotopic (exact) mass is 284 g/mol. The Morgan fingerprint density at radius 2 is 1.90 bits per heavy atom. The number of benzene rings is 1. The van der Waals surface area contributed by atoms with Crippen LogP contribution in [-0.4, -0.2) is 16.2 Å². The molecule has 5 heteroatoms. The number of aromatic nitrogens is 2. The van der Waals surface area contributed by atoms with Gasteiger partial charge in [0.2, 0.25) is 5.95 Å². The number of hydrogen-bond donors (Lipinski definition) is 2. The van der Waals surface area contributed by atoms with E-state index in [1.807, 2.05) is 12.1 Å². The molecule has 0 atom stereocenters. The normalized spacial score (nSPS) is 11.3. The van der Waals surface area contributed by atoms with Gasteiger partial charge >= 0.3 is 0 Å². The molecule has 0 spiro atoms. The largest absolute Gasteiger partial charge is 0.291 e. The van der Waals surface area contributed by atoms with Crippen LogP contribution >= 0.6 is 0 Å². The van der Waals surface area contributed by atoms with Crippen molar-refractivity contribution in [3.05, 3.63) is 57.0 Å². The number of aromatic amines is 1. The Morgan fingerprint density at radius 1 is 1.24 bits per heavy atom. The van der Waals surface area contributed by atoms with Crippen LogP contribution in [0, 0.1) is 13.8 Å². The van der Waals surface area contributed by atoms with Gasteiger partial charge in [0, 0.05) is 11.3 Å². The first-order valence-electron chi connectivity index (χ1n) is 6.94. The lowest BCUT2D eigenvalue weighted by molar-refractivity contribution is 0.866. The number of H-pyrrole nitrogens is 1. The van der Waals surface area contributed by atoms with E-state index in [4.69, 9.17) is 0 Å². The molecule has 0 bridgehead atoms. The summed E-state index contributed by atoms with van der Waals surface area (Å²) in [7, 11) is 0. The Bertz CT molecular complexity index is 699. The summed E-state index contributed by atoms with van der Waals surface area (Å²) in [6.07, 6.45) is 1.69. The van der Waals surface area contributed by atoms with Gasteiger partial charge in [-0.25, -0.2) is 10.4 Å². The van der Waals surface area contributed by atoms with Gasteiger partial charge < -0.3 is 0 Å². The first kappa shape index (κ1) is 15.0. The lowest BCUT2D eigenvalue weighted by atomic mass is 10.0. The molecule has 2 aromatic rings. The molecule has 0 amide bonds. The second-order valence-electron chi connectivity index (χ2n) is 5.32. The van der Waals surface area contributed by atoms with Crippen molar-refractivity contribution in [2.75, 3.05) is 5.43 Å². The van der Waals surface area contributed by atoms with E-state index < -0.39 is 0 Å². The predicted molar refractivity (Wildman–Crippen MR) is 86.1 cm³/mol. The van der Waals surface area contributed by atoms with E-state index >= 15 is 0 Å². The number of anilines is 1. The summed E-state index contributed by atoms with van der Waals surface area (Å²) < 4.78 is 0. The maximum atomic E-state index is 11.6. The number of hydrogen-bond acceptors (Lipinski definition) is 4. The molecule has 0 saturated heterocycles. The van der Waals surface area contributed by atoms with Gasteiger partial charge in [0.25, 0.3) is 5.56 Å². The molecule has 110 valence electrons. The number of nitrogens with one attached hydrogen (secondary N) is 2. The molecule has 0 aliphatic carbocycles. The maximum Gasteiger partial charge on any atom is 0.255 e. The highest BCUT2D eigenvalue weighted by molar-refractivity contribution is 5.80. The third kappa shape index (κ3) is 3.78. The molecule has 0 aliphatic heterocycles. The van der Waals surface area contributed by atoms with Crippen LogP contribution in [0.2, 0.25) is 0 Å². The summed E-state index contributed by atoms with van der Waals surface area (Å²) in [4.78, 5) is 18.5. The maximum absolute atomic E-state index is 11.6. The van der Waals surface area contributed by atoms with Gasteiger partial charge in [0.15, 0.2) is 0 Å². The Morgan fingerprint density at radius 3 is 2.48 bits per heavy atom. The summed E-state index contributed by atoms with van der Waals surface area (Å²) in [5.74, 6) is 0.858. The van der Waals surface area contributed by atoms with Crippen LogP contribution in [0.5, 0.6) is 0 Å². The molecular weight excluding hydrogens is 264 g/mol. The third-order valence-corrected chi connectivity index (χ3v) is 3.38. The minimum Gasteiger partial charge on any atom is -0.291 e. The Kier molecular flexibility index (Phi) is 4.52. The van der Waals surface area contributed by atoms with Crippen molar-refractivity contribution in [1.82, 2.24) is 9.97 Å². The van der Waals surface area contributed by atoms with E-state index in [-0.39, 0.29) is 5.56 Å². The van der Waals surface area contributed by atoms with Gasteiger partial charge in [-0.05, 0) is 30.9 Å². The highest BCUT2D eigenvalue weighted by Crippen LogP contribution is 2.13. The van der Waals surface area contributed by atoms with Gasteiger partial charge in [-0.1, -0.05) is 38.1 Å². The molecule has 0 unspecified atom stereocenters. The highest BCUT2D eigenvalue weighted by Gasteiger charge is 2.02. The van der Waals surface area contributed by atoms with E-state index in [2.05, 4.69) is 46.5 Å². The SMILES string of the molecule is Cc1nc(N/N=C\c2ccc(C(C)C)cc2)[nH]c(=O)c1C. The van der Waals surface area contributed by atoms with Crippen LogP contribution in [0.25, 0.3) is 0 Å². The first-order valence-corrected chi connectivity index (χ1v) is 6.94. The summed E-state index contributed by atoms with van der Waals surface area (Å²) in [5.41, 5.74) is 6.18. The molecule has 5 nitrogen and oxygen atoms in total. The minimum atomic E-state index is -0.151.